The molecule has 1 aliphatic rings. The van der Waals surface area contributed by atoms with Gasteiger partial charge in [-0.3, -0.25) is 0 Å². The third kappa shape index (κ3) is 7.97. The highest BCUT2D eigenvalue weighted by molar-refractivity contribution is 4.86. The first-order valence-electron chi connectivity index (χ1n) is 9.03. The molecule has 0 spiro atoms. The van der Waals surface area contributed by atoms with E-state index >= 15 is 0 Å². The molecular weight excluding hydrogens is 230 g/mol. The number of hydrogen-bond donors (Lipinski definition) is 1. The van der Waals surface area contributed by atoms with E-state index in [1.807, 2.05) is 0 Å². The monoisotopic (exact) mass is 267 g/mol. The molecule has 1 heteroatoms. The summed E-state index contributed by atoms with van der Waals surface area (Å²) in [7, 11) is 0. The molecule has 1 aliphatic carbocycles. The Hall–Kier alpha value is -0.0400. The van der Waals surface area contributed by atoms with Gasteiger partial charge in [-0.25, -0.2) is 0 Å². The molecular formula is C18H37N. The first-order valence-corrected chi connectivity index (χ1v) is 9.03. The molecule has 0 aromatic heterocycles. The van der Waals surface area contributed by atoms with Gasteiger partial charge in [0.15, 0.2) is 0 Å². The summed E-state index contributed by atoms with van der Waals surface area (Å²) in [4.78, 5) is 0. The minimum absolute atomic E-state index is 0.789. The van der Waals surface area contributed by atoms with Crippen LogP contribution in [0.4, 0.5) is 0 Å². The quantitative estimate of drug-likeness (QED) is 0.432. The van der Waals surface area contributed by atoms with Crippen LogP contribution in [0, 0.1) is 11.8 Å². The molecule has 0 amide bonds. The van der Waals surface area contributed by atoms with Crippen molar-refractivity contribution in [3.63, 3.8) is 0 Å². The second kappa shape index (κ2) is 10.7. The van der Waals surface area contributed by atoms with Gasteiger partial charge in [0.1, 0.15) is 0 Å². The third-order valence-electron chi connectivity index (χ3n) is 4.84. The van der Waals surface area contributed by atoms with Crippen molar-refractivity contribution in [2.75, 3.05) is 6.54 Å². The van der Waals surface area contributed by atoms with Gasteiger partial charge in [0.05, 0.1) is 0 Å². The Labute approximate surface area is 121 Å². The molecule has 1 rings (SSSR count). The summed E-state index contributed by atoms with van der Waals surface area (Å²) in [6.07, 6.45) is 15.9. The Morgan fingerprint density at radius 1 is 0.895 bits per heavy atom. The van der Waals surface area contributed by atoms with E-state index in [9.17, 15) is 0 Å². The van der Waals surface area contributed by atoms with Gasteiger partial charge in [-0.2, -0.15) is 0 Å². The van der Waals surface area contributed by atoms with Crippen molar-refractivity contribution >= 4 is 0 Å². The van der Waals surface area contributed by atoms with E-state index in [0.29, 0.717) is 0 Å². The Morgan fingerprint density at radius 3 is 2.00 bits per heavy atom. The Morgan fingerprint density at radius 2 is 1.47 bits per heavy atom. The Bertz CT molecular complexity index is 198. The number of rotatable bonds is 13. The molecule has 114 valence electrons. The highest BCUT2D eigenvalue weighted by atomic mass is 14.9. The molecule has 2 atom stereocenters. The molecule has 0 aliphatic heterocycles. The number of hydrogen-bond acceptors (Lipinski definition) is 1. The van der Waals surface area contributed by atoms with Gasteiger partial charge in [0, 0.05) is 6.04 Å². The van der Waals surface area contributed by atoms with Crippen molar-refractivity contribution in [2.24, 2.45) is 11.8 Å². The maximum Gasteiger partial charge on any atom is 0.00952 e. The summed E-state index contributed by atoms with van der Waals surface area (Å²) in [6, 6.07) is 0.789. The van der Waals surface area contributed by atoms with Crippen LogP contribution < -0.4 is 5.32 Å². The molecule has 0 radical (unpaired) electrons. The van der Waals surface area contributed by atoms with E-state index in [1.54, 1.807) is 0 Å². The summed E-state index contributed by atoms with van der Waals surface area (Å²) >= 11 is 0. The van der Waals surface area contributed by atoms with Gasteiger partial charge in [-0.15, -0.1) is 0 Å². The summed E-state index contributed by atoms with van der Waals surface area (Å²) < 4.78 is 0. The van der Waals surface area contributed by atoms with E-state index in [1.165, 1.54) is 70.6 Å². The molecule has 1 fully saturated rings. The van der Waals surface area contributed by atoms with Crippen LogP contribution in [0.15, 0.2) is 0 Å². The van der Waals surface area contributed by atoms with E-state index in [0.717, 1.165) is 24.4 Å². The van der Waals surface area contributed by atoms with Crippen molar-refractivity contribution in [3.8, 4) is 0 Å². The lowest BCUT2D eigenvalue weighted by molar-refractivity contribution is 0.320. The zero-order valence-electron chi connectivity index (χ0n) is 13.7. The normalized spacial score (nSPS) is 18.5. The van der Waals surface area contributed by atoms with Gasteiger partial charge < -0.3 is 5.32 Å². The van der Waals surface area contributed by atoms with Crippen LogP contribution in [0.1, 0.15) is 91.4 Å². The van der Waals surface area contributed by atoms with E-state index in [-0.39, 0.29) is 0 Å². The van der Waals surface area contributed by atoms with Crippen LogP contribution in [-0.2, 0) is 0 Å². The molecule has 0 bridgehead atoms. The average Bonchev–Trinajstić information content (AvgIpc) is 3.24. The zero-order chi connectivity index (χ0) is 13.9. The Kier molecular flexibility index (Phi) is 9.59. The summed E-state index contributed by atoms with van der Waals surface area (Å²) in [5.74, 6) is 1.95. The molecule has 0 aromatic carbocycles. The lowest BCUT2D eigenvalue weighted by atomic mass is 9.92. The first-order chi connectivity index (χ1) is 9.29. The lowest BCUT2D eigenvalue weighted by Crippen LogP contribution is -2.35. The number of nitrogens with one attached hydrogen (secondary N) is 1. The maximum atomic E-state index is 3.72. The van der Waals surface area contributed by atoms with Crippen molar-refractivity contribution < 1.29 is 0 Å². The van der Waals surface area contributed by atoms with Crippen LogP contribution in [0.5, 0.6) is 0 Å². The molecule has 1 nitrogen and oxygen atoms in total. The fourth-order valence-electron chi connectivity index (χ4n) is 3.26. The van der Waals surface area contributed by atoms with Gasteiger partial charge >= 0.3 is 0 Å². The van der Waals surface area contributed by atoms with E-state index < -0.39 is 0 Å². The minimum atomic E-state index is 0.789. The van der Waals surface area contributed by atoms with Crippen LogP contribution in [-0.4, -0.2) is 12.6 Å². The second-order valence-corrected chi connectivity index (χ2v) is 6.62. The minimum Gasteiger partial charge on any atom is -0.314 e. The summed E-state index contributed by atoms with van der Waals surface area (Å²) in [6.45, 7) is 8.15. The van der Waals surface area contributed by atoms with Gasteiger partial charge in [-0.1, -0.05) is 72.1 Å². The van der Waals surface area contributed by atoms with Crippen molar-refractivity contribution in [1.82, 2.24) is 5.32 Å². The predicted molar refractivity (Wildman–Crippen MR) is 86.6 cm³/mol. The third-order valence-corrected chi connectivity index (χ3v) is 4.84. The SMILES string of the molecule is CCCCCCCCCCC(NCC)C(C)C1CC1. The topological polar surface area (TPSA) is 12.0 Å². The van der Waals surface area contributed by atoms with Crippen LogP contribution in [0.3, 0.4) is 0 Å². The molecule has 0 saturated heterocycles. The standard InChI is InChI=1S/C18H37N/c1-4-6-7-8-9-10-11-12-13-18(19-5-2)16(3)17-14-15-17/h16-19H,4-15H2,1-3H3. The maximum absolute atomic E-state index is 3.72. The predicted octanol–water partition coefficient (Wildman–Crippen LogP) is 5.54. The average molecular weight is 268 g/mol. The van der Waals surface area contributed by atoms with Crippen molar-refractivity contribution in [2.45, 2.75) is 97.4 Å². The molecule has 1 saturated carbocycles. The molecule has 19 heavy (non-hydrogen) atoms. The molecule has 0 heterocycles. The van der Waals surface area contributed by atoms with Crippen LogP contribution >= 0.6 is 0 Å². The van der Waals surface area contributed by atoms with E-state index in [2.05, 4.69) is 26.1 Å². The highest BCUT2D eigenvalue weighted by Gasteiger charge is 2.32. The smallest absolute Gasteiger partial charge is 0.00952 e. The molecule has 2 unspecified atom stereocenters. The van der Waals surface area contributed by atoms with Gasteiger partial charge in [0.25, 0.3) is 0 Å². The number of unbranched alkanes of at least 4 members (excludes halogenated alkanes) is 7. The summed E-state index contributed by atoms with van der Waals surface area (Å²) in [5, 5.41) is 3.72. The van der Waals surface area contributed by atoms with Gasteiger partial charge in [0.2, 0.25) is 0 Å². The molecule has 0 aromatic rings. The molecule has 1 N–H and O–H groups in total. The summed E-state index contributed by atoms with van der Waals surface area (Å²) in [5.41, 5.74) is 0. The highest BCUT2D eigenvalue weighted by Crippen LogP contribution is 2.39. The largest absolute Gasteiger partial charge is 0.314 e. The fourth-order valence-corrected chi connectivity index (χ4v) is 3.26. The lowest BCUT2D eigenvalue weighted by Gasteiger charge is -2.24. The fraction of sp³-hybridized carbons (Fsp3) is 1.00. The van der Waals surface area contributed by atoms with Crippen LogP contribution in [0.2, 0.25) is 0 Å². The van der Waals surface area contributed by atoms with Crippen molar-refractivity contribution in [3.05, 3.63) is 0 Å². The van der Waals surface area contributed by atoms with Crippen LogP contribution in [0.25, 0.3) is 0 Å². The second-order valence-electron chi connectivity index (χ2n) is 6.62. The van der Waals surface area contributed by atoms with Crippen molar-refractivity contribution in [1.29, 1.82) is 0 Å². The van der Waals surface area contributed by atoms with Gasteiger partial charge in [-0.05, 0) is 37.6 Å². The first kappa shape index (κ1) is 17.0. The zero-order valence-corrected chi connectivity index (χ0v) is 13.7. The Balaban J connectivity index is 1.98. The van der Waals surface area contributed by atoms with E-state index in [4.69, 9.17) is 0 Å².